The molecule has 0 saturated heterocycles. The van der Waals surface area contributed by atoms with Gasteiger partial charge in [0.05, 0.1) is 0 Å². The first-order chi connectivity index (χ1) is 18.5. The summed E-state index contributed by atoms with van der Waals surface area (Å²) in [7, 11) is 0. The zero-order chi connectivity index (χ0) is 28.9. The van der Waals surface area contributed by atoms with Gasteiger partial charge in [-0.3, -0.25) is 50.5 Å². The van der Waals surface area contributed by atoms with Crippen molar-refractivity contribution in [1.29, 1.82) is 0 Å². The van der Waals surface area contributed by atoms with Gasteiger partial charge in [0.15, 0.2) is 0 Å². The molecule has 0 aromatic heterocycles. The number of carbonyl (C=O) groups is 6. The van der Waals surface area contributed by atoms with Gasteiger partial charge in [-0.1, -0.05) is 27.7 Å². The molecule has 6 N–H and O–H groups in total. The summed E-state index contributed by atoms with van der Waals surface area (Å²) in [5, 5.41) is 5.43. The molecule has 0 bridgehead atoms. The molecule has 0 unspecified atom stereocenters. The molecule has 0 saturated carbocycles. The molecule has 6 amide bonds. The van der Waals surface area contributed by atoms with Crippen LogP contribution < -0.4 is 32.3 Å². The third-order valence-corrected chi connectivity index (χ3v) is 5.32. The van der Waals surface area contributed by atoms with Crippen LogP contribution >= 0.6 is 0 Å². The maximum Gasteiger partial charge on any atom is 0.269 e. The molecule has 12 heteroatoms. The minimum absolute atomic E-state index is 0.0363. The molecule has 0 aliphatic heterocycles. The van der Waals surface area contributed by atoms with Gasteiger partial charge in [-0.15, -0.1) is 0 Å². The molecule has 0 heterocycles. The van der Waals surface area contributed by atoms with Crippen LogP contribution in [0.1, 0.15) is 67.7 Å². The molecule has 0 radical (unpaired) electrons. The summed E-state index contributed by atoms with van der Waals surface area (Å²) in [5.41, 5.74) is 10.8. The fourth-order valence-corrected chi connectivity index (χ4v) is 2.91. The number of nitrogens with one attached hydrogen (secondary N) is 6. The molecule has 2 rings (SSSR count). The predicted molar refractivity (Wildman–Crippen MR) is 145 cm³/mol. The second-order valence-electron chi connectivity index (χ2n) is 9.30. The predicted octanol–water partition coefficient (Wildman–Crippen LogP) is 2.27. The molecule has 39 heavy (non-hydrogen) atoms. The minimum atomic E-state index is -0.541. The Hall–Kier alpha value is -4.74. The van der Waals surface area contributed by atoms with Gasteiger partial charge in [-0.05, 0) is 55.0 Å². The van der Waals surface area contributed by atoms with E-state index >= 15 is 0 Å². The highest BCUT2D eigenvalue weighted by molar-refractivity contribution is 5.98. The molecule has 208 valence electrons. The van der Waals surface area contributed by atoms with Crippen molar-refractivity contribution in [3.63, 3.8) is 0 Å². The zero-order valence-corrected chi connectivity index (χ0v) is 22.3. The third kappa shape index (κ3) is 10.6. The van der Waals surface area contributed by atoms with Crippen LogP contribution in [0.15, 0.2) is 48.5 Å². The van der Waals surface area contributed by atoms with Gasteiger partial charge >= 0.3 is 0 Å². The van der Waals surface area contributed by atoms with Crippen LogP contribution in [-0.2, 0) is 19.2 Å². The van der Waals surface area contributed by atoms with E-state index in [1.807, 2.05) is 0 Å². The normalized spacial score (nSPS) is 10.4. The molecule has 0 spiro atoms. The van der Waals surface area contributed by atoms with Gasteiger partial charge < -0.3 is 10.6 Å². The van der Waals surface area contributed by atoms with Crippen molar-refractivity contribution >= 4 is 46.8 Å². The molecule has 12 nitrogen and oxygen atoms in total. The van der Waals surface area contributed by atoms with Crippen LogP contribution in [0.5, 0.6) is 0 Å². The first-order valence-electron chi connectivity index (χ1n) is 12.5. The first-order valence-corrected chi connectivity index (χ1v) is 12.5. The Morgan fingerprint density at radius 3 is 1.18 bits per heavy atom. The third-order valence-electron chi connectivity index (χ3n) is 5.32. The smallest absolute Gasteiger partial charge is 0.269 e. The number of hydrazine groups is 2. The van der Waals surface area contributed by atoms with Crippen molar-refractivity contribution < 1.29 is 28.8 Å². The van der Waals surface area contributed by atoms with E-state index < -0.39 is 23.6 Å². The summed E-state index contributed by atoms with van der Waals surface area (Å²) in [5.74, 6) is -2.71. The highest BCUT2D eigenvalue weighted by atomic mass is 16.2. The van der Waals surface area contributed by atoms with Crippen molar-refractivity contribution in [1.82, 2.24) is 21.7 Å². The Morgan fingerprint density at radius 2 is 0.872 bits per heavy atom. The van der Waals surface area contributed by atoms with Crippen molar-refractivity contribution in [2.45, 2.75) is 47.0 Å². The number of benzene rings is 2. The molecular formula is C27H34N6O6. The number of anilines is 2. The average molecular weight is 539 g/mol. The van der Waals surface area contributed by atoms with Crippen LogP contribution in [0.4, 0.5) is 11.4 Å². The van der Waals surface area contributed by atoms with E-state index in [1.165, 1.54) is 24.3 Å². The van der Waals surface area contributed by atoms with Crippen LogP contribution in [0.3, 0.4) is 0 Å². The van der Waals surface area contributed by atoms with Gasteiger partial charge in [0, 0.05) is 47.2 Å². The van der Waals surface area contributed by atoms with Gasteiger partial charge in [0.25, 0.3) is 11.8 Å². The molecular weight excluding hydrogens is 504 g/mol. The highest BCUT2D eigenvalue weighted by Gasteiger charge is 2.12. The minimum Gasteiger partial charge on any atom is -0.326 e. The van der Waals surface area contributed by atoms with E-state index in [4.69, 9.17) is 0 Å². The van der Waals surface area contributed by atoms with Gasteiger partial charge in [0.1, 0.15) is 0 Å². The topological polar surface area (TPSA) is 175 Å². The van der Waals surface area contributed by atoms with Crippen molar-refractivity contribution in [2.75, 3.05) is 10.6 Å². The summed E-state index contributed by atoms with van der Waals surface area (Å²) in [6.45, 7) is 7.07. The zero-order valence-electron chi connectivity index (χ0n) is 22.3. The van der Waals surface area contributed by atoms with Crippen LogP contribution in [-0.4, -0.2) is 35.4 Å². The standard InChI is InChI=1S/C27H34N6O6/c1-16(2)24(36)28-20-12-8-18(9-13-20)26(38)32-30-22(34)6-5-7-23(35)31-33-27(39)19-10-14-21(15-11-19)29-25(37)17(3)4/h8-17H,5-7H2,1-4H3,(H,28,36)(H,29,37)(H,30,34)(H,31,35)(H,32,38)(H,33,39). The second-order valence-corrected chi connectivity index (χ2v) is 9.30. The maximum atomic E-state index is 12.2. The lowest BCUT2D eigenvalue weighted by Crippen LogP contribution is -2.42. The molecule has 0 aliphatic carbocycles. The quantitative estimate of drug-likeness (QED) is 0.253. The number of carbonyl (C=O) groups excluding carboxylic acids is 6. The van der Waals surface area contributed by atoms with E-state index in [0.717, 1.165) is 0 Å². The molecule has 0 aliphatic rings. The SMILES string of the molecule is CC(C)C(=O)Nc1ccc(C(=O)NNC(=O)CCCC(=O)NNC(=O)c2ccc(NC(=O)C(C)C)cc2)cc1. The summed E-state index contributed by atoms with van der Waals surface area (Å²) in [6, 6.07) is 12.4. The van der Waals surface area contributed by atoms with E-state index in [-0.39, 0.29) is 54.0 Å². The lowest BCUT2D eigenvalue weighted by Gasteiger charge is -2.10. The van der Waals surface area contributed by atoms with E-state index in [0.29, 0.717) is 11.4 Å². The van der Waals surface area contributed by atoms with Crippen molar-refractivity contribution in [3.8, 4) is 0 Å². The number of hydrogen-bond acceptors (Lipinski definition) is 6. The van der Waals surface area contributed by atoms with E-state index in [2.05, 4.69) is 32.3 Å². The fraction of sp³-hybridized carbons (Fsp3) is 0.333. The van der Waals surface area contributed by atoms with E-state index in [9.17, 15) is 28.8 Å². The Labute approximate surface area is 226 Å². The van der Waals surface area contributed by atoms with Crippen LogP contribution in [0.25, 0.3) is 0 Å². The van der Waals surface area contributed by atoms with Gasteiger partial charge in [0.2, 0.25) is 23.6 Å². The molecule has 2 aromatic carbocycles. The summed E-state index contributed by atoms with van der Waals surface area (Å²) in [6.07, 6.45) is 0.106. The maximum absolute atomic E-state index is 12.2. The lowest BCUT2D eigenvalue weighted by molar-refractivity contribution is -0.123. The largest absolute Gasteiger partial charge is 0.326 e. The number of amides is 6. The molecule has 2 aromatic rings. The number of rotatable bonds is 10. The monoisotopic (exact) mass is 538 g/mol. The summed E-state index contributed by atoms with van der Waals surface area (Å²) in [4.78, 5) is 71.8. The Bertz CT molecular complexity index is 1100. The van der Waals surface area contributed by atoms with Crippen LogP contribution in [0.2, 0.25) is 0 Å². The Morgan fingerprint density at radius 1 is 0.538 bits per heavy atom. The molecule has 0 fully saturated rings. The first kappa shape index (κ1) is 30.5. The van der Waals surface area contributed by atoms with Crippen LogP contribution in [0, 0.1) is 11.8 Å². The number of hydrogen-bond donors (Lipinski definition) is 6. The van der Waals surface area contributed by atoms with Gasteiger partial charge in [-0.25, -0.2) is 0 Å². The van der Waals surface area contributed by atoms with Crippen molar-refractivity contribution in [3.05, 3.63) is 59.7 Å². The lowest BCUT2D eigenvalue weighted by atomic mass is 10.1. The Balaban J connectivity index is 1.65. The van der Waals surface area contributed by atoms with Gasteiger partial charge in [-0.2, -0.15) is 0 Å². The van der Waals surface area contributed by atoms with Crippen molar-refractivity contribution in [2.24, 2.45) is 11.8 Å². The van der Waals surface area contributed by atoms with E-state index in [1.54, 1.807) is 52.0 Å². The average Bonchev–Trinajstić information content (AvgIpc) is 2.91. The highest BCUT2D eigenvalue weighted by Crippen LogP contribution is 2.12. The summed E-state index contributed by atoms with van der Waals surface area (Å²) >= 11 is 0. The fourth-order valence-electron chi connectivity index (χ4n) is 2.91. The second kappa shape index (κ2) is 14.9. The molecule has 0 atom stereocenters. The Kier molecular flexibility index (Phi) is 11.6. The summed E-state index contributed by atoms with van der Waals surface area (Å²) < 4.78 is 0.